The number of amides is 2. The van der Waals surface area contributed by atoms with Gasteiger partial charge in [-0.1, -0.05) is 18.2 Å². The lowest BCUT2D eigenvalue weighted by atomic mass is 10.1. The van der Waals surface area contributed by atoms with Crippen LogP contribution in [0.3, 0.4) is 0 Å². The molecule has 1 saturated heterocycles. The first kappa shape index (κ1) is 15.3. The first-order chi connectivity index (χ1) is 11.2. The van der Waals surface area contributed by atoms with Crippen molar-refractivity contribution >= 4 is 11.7 Å². The van der Waals surface area contributed by atoms with Crippen molar-refractivity contribution in [2.24, 2.45) is 0 Å². The first-order valence-corrected chi connectivity index (χ1v) is 7.78. The Morgan fingerprint density at radius 2 is 2.00 bits per heavy atom. The Bertz CT molecular complexity index is 655. The fourth-order valence-electron chi connectivity index (χ4n) is 2.61. The molecular weight excluding hydrogens is 292 g/mol. The van der Waals surface area contributed by atoms with Gasteiger partial charge < -0.3 is 15.0 Å². The molecule has 23 heavy (non-hydrogen) atoms. The van der Waals surface area contributed by atoms with Gasteiger partial charge in [0, 0.05) is 43.9 Å². The smallest absolute Gasteiger partial charge is 0.321 e. The Balaban J connectivity index is 1.50. The van der Waals surface area contributed by atoms with Crippen LogP contribution >= 0.6 is 0 Å². The Hall–Kier alpha value is -2.63. The molecule has 3 rings (SSSR count). The number of carbonyl (C=O) groups excluding carboxylic acids is 1. The number of likely N-dealkylation sites (tertiary alicyclic amines) is 1. The quantitative estimate of drug-likeness (QED) is 0.946. The molecule has 1 aliphatic heterocycles. The van der Waals surface area contributed by atoms with Crippen molar-refractivity contribution < 1.29 is 9.53 Å². The molecular formula is C17H20N4O2. The average molecular weight is 312 g/mol. The van der Waals surface area contributed by atoms with E-state index in [-0.39, 0.29) is 12.1 Å². The number of urea groups is 1. The number of rotatable bonds is 3. The number of nitrogens with zero attached hydrogens (tertiary/aromatic N) is 3. The van der Waals surface area contributed by atoms with Gasteiger partial charge >= 0.3 is 6.03 Å². The molecule has 1 aromatic carbocycles. The van der Waals surface area contributed by atoms with Crippen molar-refractivity contribution in [3.05, 3.63) is 48.2 Å². The van der Waals surface area contributed by atoms with Gasteiger partial charge in [0.1, 0.15) is 6.10 Å². The maximum absolute atomic E-state index is 12.3. The highest BCUT2D eigenvalue weighted by Gasteiger charge is 2.24. The Kier molecular flexibility index (Phi) is 4.71. The van der Waals surface area contributed by atoms with Gasteiger partial charge in [0.25, 0.3) is 0 Å². The van der Waals surface area contributed by atoms with Gasteiger partial charge in [0.2, 0.25) is 5.88 Å². The second-order valence-electron chi connectivity index (χ2n) is 5.61. The summed E-state index contributed by atoms with van der Waals surface area (Å²) < 4.78 is 5.79. The standard InChI is InChI=1S/C17H20N4O2/c1-13-5-2-3-6-15(13)19-17(22)21-11-8-14(9-12-21)23-16-7-4-10-18-20-16/h2-7,10,14H,8-9,11-12H2,1H3,(H,19,22). The molecule has 2 heterocycles. The monoisotopic (exact) mass is 312 g/mol. The number of hydrogen-bond donors (Lipinski definition) is 1. The second kappa shape index (κ2) is 7.09. The van der Waals surface area contributed by atoms with Crippen molar-refractivity contribution in [1.82, 2.24) is 15.1 Å². The third-order valence-corrected chi connectivity index (χ3v) is 3.95. The zero-order chi connectivity index (χ0) is 16.1. The van der Waals surface area contributed by atoms with Gasteiger partial charge in [-0.3, -0.25) is 0 Å². The van der Waals surface area contributed by atoms with Crippen LogP contribution in [0.1, 0.15) is 18.4 Å². The number of anilines is 1. The zero-order valence-corrected chi connectivity index (χ0v) is 13.1. The highest BCUT2D eigenvalue weighted by atomic mass is 16.5. The van der Waals surface area contributed by atoms with Crippen LogP contribution in [0.2, 0.25) is 0 Å². The van der Waals surface area contributed by atoms with Crippen molar-refractivity contribution in [2.75, 3.05) is 18.4 Å². The third-order valence-electron chi connectivity index (χ3n) is 3.95. The molecule has 0 aliphatic carbocycles. The van der Waals surface area contributed by atoms with Gasteiger partial charge in [0.15, 0.2) is 0 Å². The molecule has 1 aromatic heterocycles. The van der Waals surface area contributed by atoms with E-state index in [1.165, 1.54) is 0 Å². The summed E-state index contributed by atoms with van der Waals surface area (Å²) in [5.41, 5.74) is 1.91. The summed E-state index contributed by atoms with van der Waals surface area (Å²) in [7, 11) is 0. The number of piperidine rings is 1. The van der Waals surface area contributed by atoms with Gasteiger partial charge in [-0.2, -0.15) is 5.10 Å². The van der Waals surface area contributed by atoms with Gasteiger partial charge in [-0.25, -0.2) is 4.79 Å². The topological polar surface area (TPSA) is 67.4 Å². The Labute approximate surface area is 135 Å². The van der Waals surface area contributed by atoms with E-state index in [4.69, 9.17) is 4.74 Å². The van der Waals surface area contributed by atoms with Crippen molar-refractivity contribution in [3.63, 3.8) is 0 Å². The van der Waals surface area contributed by atoms with E-state index in [9.17, 15) is 4.79 Å². The lowest BCUT2D eigenvalue weighted by Gasteiger charge is -2.32. The third kappa shape index (κ3) is 3.97. The number of nitrogens with one attached hydrogen (secondary N) is 1. The predicted molar refractivity (Wildman–Crippen MR) is 87.5 cm³/mol. The van der Waals surface area contributed by atoms with Crippen LogP contribution in [-0.2, 0) is 0 Å². The minimum Gasteiger partial charge on any atom is -0.473 e. The van der Waals surface area contributed by atoms with E-state index in [2.05, 4.69) is 15.5 Å². The largest absolute Gasteiger partial charge is 0.473 e. The molecule has 0 unspecified atom stereocenters. The molecule has 6 nitrogen and oxygen atoms in total. The molecule has 2 aromatic rings. The molecule has 1 N–H and O–H groups in total. The van der Waals surface area contributed by atoms with Gasteiger partial charge in [0.05, 0.1) is 0 Å². The van der Waals surface area contributed by atoms with Crippen LogP contribution in [-0.4, -0.2) is 40.3 Å². The summed E-state index contributed by atoms with van der Waals surface area (Å²) in [5, 5.41) is 10.7. The van der Waals surface area contributed by atoms with Crippen LogP contribution in [0.4, 0.5) is 10.5 Å². The minimum absolute atomic E-state index is 0.0581. The molecule has 6 heteroatoms. The summed E-state index contributed by atoms with van der Waals surface area (Å²) in [6, 6.07) is 11.3. The fourth-order valence-corrected chi connectivity index (χ4v) is 2.61. The summed E-state index contributed by atoms with van der Waals surface area (Å²) >= 11 is 0. The van der Waals surface area contributed by atoms with Crippen molar-refractivity contribution in [3.8, 4) is 5.88 Å². The van der Waals surface area contributed by atoms with Crippen LogP contribution in [0.5, 0.6) is 5.88 Å². The Morgan fingerprint density at radius 1 is 1.22 bits per heavy atom. The highest BCUT2D eigenvalue weighted by molar-refractivity contribution is 5.90. The van der Waals surface area contributed by atoms with E-state index in [1.54, 1.807) is 18.3 Å². The normalized spacial score (nSPS) is 15.3. The SMILES string of the molecule is Cc1ccccc1NC(=O)N1CCC(Oc2cccnn2)CC1. The van der Waals surface area contributed by atoms with Crippen LogP contribution in [0.15, 0.2) is 42.6 Å². The van der Waals surface area contributed by atoms with E-state index in [0.717, 1.165) is 24.1 Å². The van der Waals surface area contributed by atoms with Crippen molar-refractivity contribution in [1.29, 1.82) is 0 Å². The number of aryl methyl sites for hydroxylation is 1. The number of benzene rings is 1. The number of ether oxygens (including phenoxy) is 1. The number of hydrogen-bond acceptors (Lipinski definition) is 4. The van der Waals surface area contributed by atoms with E-state index < -0.39 is 0 Å². The van der Waals surface area contributed by atoms with Crippen LogP contribution in [0.25, 0.3) is 0 Å². The molecule has 1 fully saturated rings. The maximum Gasteiger partial charge on any atom is 0.321 e. The van der Waals surface area contributed by atoms with Crippen molar-refractivity contribution in [2.45, 2.75) is 25.9 Å². The average Bonchev–Trinajstić information content (AvgIpc) is 2.58. The highest BCUT2D eigenvalue weighted by Crippen LogP contribution is 2.18. The molecule has 0 spiro atoms. The van der Waals surface area contributed by atoms with Gasteiger partial charge in [-0.15, -0.1) is 5.10 Å². The first-order valence-electron chi connectivity index (χ1n) is 7.78. The molecule has 1 aliphatic rings. The molecule has 0 saturated carbocycles. The van der Waals surface area contributed by atoms with E-state index in [0.29, 0.717) is 19.0 Å². The number of aromatic nitrogens is 2. The summed E-state index contributed by atoms with van der Waals surface area (Å²) in [4.78, 5) is 14.2. The molecule has 0 radical (unpaired) electrons. The minimum atomic E-state index is -0.0581. The Morgan fingerprint density at radius 3 is 2.70 bits per heavy atom. The summed E-state index contributed by atoms with van der Waals surface area (Å²) in [6.45, 7) is 3.32. The lowest BCUT2D eigenvalue weighted by Crippen LogP contribution is -2.43. The lowest BCUT2D eigenvalue weighted by molar-refractivity contribution is 0.110. The number of para-hydroxylation sites is 1. The zero-order valence-electron chi connectivity index (χ0n) is 13.1. The van der Waals surface area contributed by atoms with E-state index >= 15 is 0 Å². The second-order valence-corrected chi connectivity index (χ2v) is 5.61. The summed E-state index contributed by atoms with van der Waals surface area (Å²) in [6.07, 6.45) is 3.27. The fraction of sp³-hybridized carbons (Fsp3) is 0.353. The van der Waals surface area contributed by atoms with Crippen LogP contribution < -0.4 is 10.1 Å². The number of carbonyl (C=O) groups is 1. The molecule has 0 bridgehead atoms. The summed E-state index contributed by atoms with van der Waals surface area (Å²) in [5.74, 6) is 0.537. The maximum atomic E-state index is 12.3. The van der Waals surface area contributed by atoms with Gasteiger partial charge in [-0.05, 0) is 24.6 Å². The molecule has 120 valence electrons. The van der Waals surface area contributed by atoms with Crippen LogP contribution in [0, 0.1) is 6.92 Å². The molecule has 0 atom stereocenters. The molecule has 2 amide bonds. The van der Waals surface area contributed by atoms with E-state index in [1.807, 2.05) is 36.1 Å². The predicted octanol–water partition coefficient (Wildman–Crippen LogP) is 2.86.